The van der Waals surface area contributed by atoms with E-state index >= 15 is 0 Å². The van der Waals surface area contributed by atoms with Gasteiger partial charge in [-0.3, -0.25) is 9.88 Å². The first kappa shape index (κ1) is 17.4. The Morgan fingerprint density at radius 2 is 2.04 bits per heavy atom. The molecule has 1 aromatic heterocycles. The molecule has 0 amide bonds. The third-order valence-corrected chi connectivity index (χ3v) is 5.66. The highest BCUT2D eigenvalue weighted by Crippen LogP contribution is 2.37. The maximum atomic E-state index is 14.4. The number of piperidine rings is 1. The number of nitrogens with zero attached hydrogens (tertiary/aromatic N) is 2. The molecule has 26 heavy (non-hydrogen) atoms. The quantitative estimate of drug-likeness (QED) is 0.891. The molecular weight excluding hydrogens is 329 g/mol. The van der Waals surface area contributed by atoms with Crippen LogP contribution in [-0.2, 0) is 13.0 Å². The Bertz CT molecular complexity index is 744. The van der Waals surface area contributed by atoms with Gasteiger partial charge in [-0.15, -0.1) is 0 Å². The normalized spacial score (nSPS) is 20.9. The van der Waals surface area contributed by atoms with Crippen molar-refractivity contribution in [3.63, 3.8) is 0 Å². The Labute approximate surface area is 154 Å². The fourth-order valence-corrected chi connectivity index (χ4v) is 4.23. The predicted octanol–water partition coefficient (Wildman–Crippen LogP) is 3.47. The molecule has 0 saturated carbocycles. The van der Waals surface area contributed by atoms with E-state index in [-0.39, 0.29) is 11.9 Å². The molecule has 4 rings (SSSR count). The molecule has 2 aromatic rings. The smallest absolute Gasteiger partial charge is 0.168 e. The highest BCUT2D eigenvalue weighted by Gasteiger charge is 2.29. The average Bonchev–Trinajstić information content (AvgIpc) is 3.08. The van der Waals surface area contributed by atoms with Gasteiger partial charge >= 0.3 is 0 Å². The van der Waals surface area contributed by atoms with Crippen LogP contribution in [0.15, 0.2) is 36.5 Å². The van der Waals surface area contributed by atoms with Crippen molar-refractivity contribution in [1.82, 2.24) is 15.2 Å². The van der Waals surface area contributed by atoms with Crippen molar-refractivity contribution in [2.75, 3.05) is 20.2 Å². The maximum absolute atomic E-state index is 14.4. The number of nitrogens with one attached hydrogen (secondary N) is 1. The molecule has 0 spiro atoms. The lowest BCUT2D eigenvalue weighted by Gasteiger charge is -2.34. The van der Waals surface area contributed by atoms with E-state index in [1.165, 1.54) is 7.11 Å². The van der Waals surface area contributed by atoms with Gasteiger partial charge in [-0.05, 0) is 55.0 Å². The van der Waals surface area contributed by atoms with Gasteiger partial charge in [0.2, 0.25) is 0 Å². The molecule has 0 radical (unpaired) electrons. The summed E-state index contributed by atoms with van der Waals surface area (Å²) in [5.74, 6) is 0.173. The van der Waals surface area contributed by atoms with Crippen molar-refractivity contribution < 1.29 is 9.13 Å². The van der Waals surface area contributed by atoms with Crippen LogP contribution in [0.1, 0.15) is 42.1 Å². The number of fused-ring (bicyclic) bond motifs is 1. The van der Waals surface area contributed by atoms with E-state index in [9.17, 15) is 4.39 Å². The summed E-state index contributed by atoms with van der Waals surface area (Å²) < 4.78 is 19.5. The minimum Gasteiger partial charge on any atom is -0.494 e. The van der Waals surface area contributed by atoms with Gasteiger partial charge in [0.15, 0.2) is 11.6 Å². The van der Waals surface area contributed by atoms with Gasteiger partial charge in [0.05, 0.1) is 12.8 Å². The second-order valence-corrected chi connectivity index (χ2v) is 7.28. The molecular formula is C21H26FN3O. The first-order valence-corrected chi connectivity index (χ1v) is 9.48. The van der Waals surface area contributed by atoms with Gasteiger partial charge in [0, 0.05) is 37.9 Å². The van der Waals surface area contributed by atoms with E-state index < -0.39 is 0 Å². The summed E-state index contributed by atoms with van der Waals surface area (Å²) in [7, 11) is 1.52. The summed E-state index contributed by atoms with van der Waals surface area (Å²) in [5.41, 5.74) is 3.07. The van der Waals surface area contributed by atoms with E-state index in [1.54, 1.807) is 6.07 Å². The van der Waals surface area contributed by atoms with Gasteiger partial charge in [-0.1, -0.05) is 12.1 Å². The summed E-state index contributed by atoms with van der Waals surface area (Å²) in [6.45, 7) is 3.07. The fourth-order valence-electron chi connectivity index (χ4n) is 4.23. The zero-order valence-corrected chi connectivity index (χ0v) is 15.2. The Hall–Kier alpha value is -1.98. The van der Waals surface area contributed by atoms with Gasteiger partial charge in [-0.2, -0.15) is 0 Å². The average molecular weight is 355 g/mol. The Balaban J connectivity index is 1.33. The summed E-state index contributed by atoms with van der Waals surface area (Å²) in [5, 5.41) is 3.77. The van der Waals surface area contributed by atoms with Crippen molar-refractivity contribution in [3.05, 3.63) is 59.2 Å². The summed E-state index contributed by atoms with van der Waals surface area (Å²) in [6.07, 6.45) is 5.85. The standard InChI is InChI=1S/C21H26FN3O/c1-26-20-8-6-17-18(21(20)22)5-7-19(17)24-15-9-12-25(13-10-15)14-16-4-2-3-11-23-16/h2-4,6,8,11,15,19,24H,5,7,9-10,12-14H2,1H3. The van der Waals surface area contributed by atoms with Gasteiger partial charge in [0.25, 0.3) is 0 Å². The number of likely N-dealkylation sites (tertiary alicyclic amines) is 1. The fraction of sp³-hybridized carbons (Fsp3) is 0.476. The van der Waals surface area contributed by atoms with E-state index in [2.05, 4.69) is 21.3 Å². The van der Waals surface area contributed by atoms with Crippen molar-refractivity contribution in [3.8, 4) is 5.75 Å². The molecule has 2 aliphatic rings. The Morgan fingerprint density at radius 3 is 2.77 bits per heavy atom. The van der Waals surface area contributed by atoms with Crippen LogP contribution in [0.4, 0.5) is 4.39 Å². The highest BCUT2D eigenvalue weighted by atomic mass is 19.1. The van der Waals surface area contributed by atoms with Crippen LogP contribution in [0.25, 0.3) is 0 Å². The number of methoxy groups -OCH3 is 1. The summed E-state index contributed by atoms with van der Waals surface area (Å²) in [4.78, 5) is 6.89. The van der Waals surface area contributed by atoms with Crippen molar-refractivity contribution in [1.29, 1.82) is 0 Å². The van der Waals surface area contributed by atoms with Gasteiger partial charge in [0.1, 0.15) is 0 Å². The number of rotatable bonds is 5. The summed E-state index contributed by atoms with van der Waals surface area (Å²) >= 11 is 0. The van der Waals surface area contributed by atoms with Crippen LogP contribution in [0, 0.1) is 5.82 Å². The zero-order chi connectivity index (χ0) is 17.9. The van der Waals surface area contributed by atoms with E-state index in [0.29, 0.717) is 11.8 Å². The van der Waals surface area contributed by atoms with Gasteiger partial charge < -0.3 is 10.1 Å². The molecule has 1 saturated heterocycles. The predicted molar refractivity (Wildman–Crippen MR) is 99.7 cm³/mol. The number of aromatic nitrogens is 1. The third kappa shape index (κ3) is 3.60. The first-order chi connectivity index (χ1) is 12.7. The topological polar surface area (TPSA) is 37.4 Å². The lowest BCUT2D eigenvalue weighted by atomic mass is 10.0. The van der Waals surface area contributed by atoms with Crippen molar-refractivity contribution in [2.45, 2.75) is 44.3 Å². The zero-order valence-electron chi connectivity index (χ0n) is 15.2. The monoisotopic (exact) mass is 355 g/mol. The minimum absolute atomic E-state index is 0.181. The minimum atomic E-state index is -0.181. The second-order valence-electron chi connectivity index (χ2n) is 7.28. The molecule has 1 N–H and O–H groups in total. The molecule has 1 aliphatic heterocycles. The van der Waals surface area contributed by atoms with Crippen LogP contribution in [0.3, 0.4) is 0 Å². The van der Waals surface area contributed by atoms with Gasteiger partial charge in [-0.25, -0.2) is 4.39 Å². The summed E-state index contributed by atoms with van der Waals surface area (Å²) in [6, 6.07) is 10.6. The number of hydrogen-bond donors (Lipinski definition) is 1. The molecule has 1 aromatic carbocycles. The molecule has 1 fully saturated rings. The van der Waals surface area contributed by atoms with Crippen LogP contribution < -0.4 is 10.1 Å². The van der Waals surface area contributed by atoms with Crippen molar-refractivity contribution in [2.24, 2.45) is 0 Å². The van der Waals surface area contributed by atoms with E-state index in [4.69, 9.17) is 4.74 Å². The lowest BCUT2D eigenvalue weighted by molar-refractivity contribution is 0.182. The van der Waals surface area contributed by atoms with Crippen LogP contribution in [-0.4, -0.2) is 36.1 Å². The molecule has 2 heterocycles. The van der Waals surface area contributed by atoms with Crippen LogP contribution >= 0.6 is 0 Å². The SMILES string of the molecule is COc1ccc2c(c1F)CCC2NC1CCN(Cc2ccccn2)CC1. The molecule has 0 bridgehead atoms. The van der Waals surface area contributed by atoms with Crippen LogP contribution in [0.5, 0.6) is 5.75 Å². The second kappa shape index (κ2) is 7.72. The maximum Gasteiger partial charge on any atom is 0.168 e. The number of ether oxygens (including phenoxy) is 1. The molecule has 5 heteroatoms. The molecule has 4 nitrogen and oxygen atoms in total. The number of hydrogen-bond acceptors (Lipinski definition) is 4. The molecule has 1 aliphatic carbocycles. The number of halogens is 1. The first-order valence-electron chi connectivity index (χ1n) is 9.48. The Kier molecular flexibility index (Phi) is 5.18. The third-order valence-electron chi connectivity index (χ3n) is 5.66. The number of pyridine rings is 1. The Morgan fingerprint density at radius 1 is 1.19 bits per heavy atom. The largest absolute Gasteiger partial charge is 0.494 e. The highest BCUT2D eigenvalue weighted by molar-refractivity contribution is 5.42. The number of benzene rings is 1. The van der Waals surface area contributed by atoms with E-state index in [0.717, 1.165) is 62.1 Å². The lowest BCUT2D eigenvalue weighted by Crippen LogP contribution is -2.43. The molecule has 138 valence electrons. The molecule has 1 unspecified atom stereocenters. The van der Waals surface area contributed by atoms with Crippen LogP contribution in [0.2, 0.25) is 0 Å². The van der Waals surface area contributed by atoms with E-state index in [1.807, 2.05) is 24.4 Å². The van der Waals surface area contributed by atoms with Crippen molar-refractivity contribution >= 4 is 0 Å². The molecule has 1 atom stereocenters.